The average molecular weight is 357 g/mol. The fourth-order valence-electron chi connectivity index (χ4n) is 2.31. The second-order valence-corrected chi connectivity index (χ2v) is 7.46. The van der Waals surface area contributed by atoms with E-state index >= 15 is 0 Å². The van der Waals surface area contributed by atoms with Crippen LogP contribution in [0.5, 0.6) is 0 Å². The molecule has 3 aromatic rings. The van der Waals surface area contributed by atoms with E-state index in [1.807, 2.05) is 37.3 Å². The number of aryl methyl sites for hydroxylation is 2. The minimum absolute atomic E-state index is 0.266. The van der Waals surface area contributed by atoms with Crippen molar-refractivity contribution in [3.05, 3.63) is 66.1 Å². The van der Waals surface area contributed by atoms with Gasteiger partial charge in [0.05, 0.1) is 4.90 Å². The molecule has 1 heterocycles. The molecule has 0 saturated heterocycles. The predicted molar refractivity (Wildman–Crippen MR) is 94.4 cm³/mol. The molecule has 0 aliphatic carbocycles. The van der Waals surface area contributed by atoms with E-state index in [0.717, 1.165) is 11.1 Å². The average Bonchev–Trinajstić information content (AvgIpc) is 3.09. The molecule has 0 bridgehead atoms. The minimum atomic E-state index is -3.49. The molecular formula is C18H19N3O3S. The van der Waals surface area contributed by atoms with E-state index in [-0.39, 0.29) is 4.90 Å². The van der Waals surface area contributed by atoms with Gasteiger partial charge in [-0.2, -0.15) is 4.98 Å². The van der Waals surface area contributed by atoms with Crippen LogP contribution in [0.2, 0.25) is 0 Å². The van der Waals surface area contributed by atoms with Crippen LogP contribution in [0.25, 0.3) is 11.4 Å². The minimum Gasteiger partial charge on any atom is -0.339 e. The third-order valence-corrected chi connectivity index (χ3v) is 5.17. The van der Waals surface area contributed by atoms with Crippen LogP contribution in [-0.2, 0) is 16.4 Å². The van der Waals surface area contributed by atoms with Crippen LogP contribution in [0.4, 0.5) is 0 Å². The summed E-state index contributed by atoms with van der Waals surface area (Å²) in [5.41, 5.74) is 1.90. The Labute approximate surface area is 147 Å². The van der Waals surface area contributed by atoms with E-state index in [9.17, 15) is 8.42 Å². The molecule has 0 atom stereocenters. The van der Waals surface area contributed by atoms with Crippen molar-refractivity contribution in [3.63, 3.8) is 0 Å². The summed E-state index contributed by atoms with van der Waals surface area (Å²) >= 11 is 0. The zero-order valence-electron chi connectivity index (χ0n) is 13.8. The number of hydrogen-bond donors (Lipinski definition) is 1. The van der Waals surface area contributed by atoms with Crippen LogP contribution >= 0.6 is 0 Å². The lowest BCUT2D eigenvalue weighted by molar-refractivity contribution is 0.376. The van der Waals surface area contributed by atoms with Gasteiger partial charge in [0.15, 0.2) is 0 Å². The summed E-state index contributed by atoms with van der Waals surface area (Å²) in [6.07, 6.45) is 1.08. The van der Waals surface area contributed by atoms with Crippen molar-refractivity contribution in [2.45, 2.75) is 24.7 Å². The lowest BCUT2D eigenvalue weighted by Crippen LogP contribution is -2.25. The molecule has 0 aliphatic heterocycles. The van der Waals surface area contributed by atoms with Gasteiger partial charge in [-0.15, -0.1) is 0 Å². The highest BCUT2D eigenvalue weighted by molar-refractivity contribution is 7.89. The van der Waals surface area contributed by atoms with Crippen molar-refractivity contribution in [3.8, 4) is 11.4 Å². The standard InChI is InChI=1S/C18H19N3O3S/c1-14-9-11-16(12-10-14)25(22,23)19-13-5-8-17-20-18(21-24-17)15-6-3-2-4-7-15/h2-4,6-7,9-12,19H,5,8,13H2,1H3. The zero-order chi connectivity index (χ0) is 17.7. The summed E-state index contributed by atoms with van der Waals surface area (Å²) < 4.78 is 32.2. The second-order valence-electron chi connectivity index (χ2n) is 5.69. The van der Waals surface area contributed by atoms with Crippen LogP contribution in [0, 0.1) is 6.92 Å². The van der Waals surface area contributed by atoms with Gasteiger partial charge in [0.1, 0.15) is 0 Å². The number of sulfonamides is 1. The number of benzene rings is 2. The fraction of sp³-hybridized carbons (Fsp3) is 0.222. The lowest BCUT2D eigenvalue weighted by Gasteiger charge is -2.06. The summed E-state index contributed by atoms with van der Waals surface area (Å²) in [5, 5.41) is 3.94. The van der Waals surface area contributed by atoms with Gasteiger partial charge in [0.2, 0.25) is 21.7 Å². The maximum absolute atomic E-state index is 12.2. The van der Waals surface area contributed by atoms with E-state index < -0.39 is 10.0 Å². The first-order valence-corrected chi connectivity index (χ1v) is 9.47. The number of nitrogens with one attached hydrogen (secondary N) is 1. The van der Waals surface area contributed by atoms with Crippen LogP contribution in [-0.4, -0.2) is 25.1 Å². The monoisotopic (exact) mass is 357 g/mol. The van der Waals surface area contributed by atoms with Gasteiger partial charge in [0.25, 0.3) is 0 Å². The molecule has 25 heavy (non-hydrogen) atoms. The molecule has 0 amide bonds. The van der Waals surface area contributed by atoms with Crippen molar-refractivity contribution in [1.29, 1.82) is 0 Å². The van der Waals surface area contributed by atoms with Crippen LogP contribution in [0.3, 0.4) is 0 Å². The third kappa shape index (κ3) is 4.52. The SMILES string of the molecule is Cc1ccc(S(=O)(=O)NCCCc2nc(-c3ccccc3)no2)cc1. The first-order chi connectivity index (χ1) is 12.0. The highest BCUT2D eigenvalue weighted by atomic mass is 32.2. The summed E-state index contributed by atoms with van der Waals surface area (Å²) in [5.74, 6) is 1.03. The van der Waals surface area contributed by atoms with Gasteiger partial charge in [-0.05, 0) is 25.5 Å². The Kier molecular flexibility index (Phi) is 5.25. The maximum atomic E-state index is 12.2. The molecular weight excluding hydrogens is 338 g/mol. The zero-order valence-corrected chi connectivity index (χ0v) is 14.7. The maximum Gasteiger partial charge on any atom is 0.240 e. The van der Waals surface area contributed by atoms with Gasteiger partial charge in [0, 0.05) is 18.5 Å². The number of hydrogen-bond acceptors (Lipinski definition) is 5. The van der Waals surface area contributed by atoms with Crippen molar-refractivity contribution in [2.24, 2.45) is 0 Å². The smallest absolute Gasteiger partial charge is 0.240 e. The van der Waals surface area contributed by atoms with Crippen molar-refractivity contribution in [1.82, 2.24) is 14.9 Å². The van der Waals surface area contributed by atoms with E-state index in [2.05, 4.69) is 14.9 Å². The lowest BCUT2D eigenvalue weighted by atomic mass is 10.2. The van der Waals surface area contributed by atoms with Crippen LogP contribution < -0.4 is 4.72 Å². The molecule has 0 radical (unpaired) electrons. The Morgan fingerprint density at radius 3 is 2.48 bits per heavy atom. The quantitative estimate of drug-likeness (QED) is 0.657. The first-order valence-electron chi connectivity index (χ1n) is 7.99. The Balaban J connectivity index is 1.52. The van der Waals surface area contributed by atoms with E-state index in [4.69, 9.17) is 4.52 Å². The molecule has 0 saturated carbocycles. The van der Waals surface area contributed by atoms with E-state index in [0.29, 0.717) is 31.1 Å². The van der Waals surface area contributed by atoms with E-state index in [1.165, 1.54) is 0 Å². The van der Waals surface area contributed by atoms with Crippen LogP contribution in [0.1, 0.15) is 17.9 Å². The molecule has 1 aromatic heterocycles. The van der Waals surface area contributed by atoms with E-state index in [1.54, 1.807) is 24.3 Å². The van der Waals surface area contributed by atoms with Gasteiger partial charge in [-0.1, -0.05) is 53.2 Å². The predicted octanol–water partition coefficient (Wildman–Crippen LogP) is 2.96. The number of nitrogens with zero attached hydrogens (tertiary/aromatic N) is 2. The summed E-state index contributed by atoms with van der Waals surface area (Å²) in [7, 11) is -3.49. The topological polar surface area (TPSA) is 85.1 Å². The number of rotatable bonds is 7. The van der Waals surface area contributed by atoms with Crippen molar-refractivity contribution in [2.75, 3.05) is 6.54 Å². The second kappa shape index (κ2) is 7.58. The summed E-state index contributed by atoms with van der Waals surface area (Å²) in [4.78, 5) is 4.59. The van der Waals surface area contributed by atoms with Crippen molar-refractivity contribution >= 4 is 10.0 Å². The molecule has 1 N–H and O–H groups in total. The normalized spacial score (nSPS) is 11.6. The number of aromatic nitrogens is 2. The Morgan fingerprint density at radius 2 is 1.76 bits per heavy atom. The molecule has 0 fully saturated rings. The fourth-order valence-corrected chi connectivity index (χ4v) is 3.38. The third-order valence-electron chi connectivity index (χ3n) is 3.69. The molecule has 6 nitrogen and oxygen atoms in total. The molecule has 0 unspecified atom stereocenters. The Morgan fingerprint density at radius 1 is 1.04 bits per heavy atom. The highest BCUT2D eigenvalue weighted by Crippen LogP contribution is 2.15. The first kappa shape index (κ1) is 17.3. The molecule has 0 spiro atoms. The summed E-state index contributed by atoms with van der Waals surface area (Å²) in [6, 6.07) is 16.3. The van der Waals surface area contributed by atoms with Gasteiger partial charge in [-0.25, -0.2) is 13.1 Å². The van der Waals surface area contributed by atoms with Crippen molar-refractivity contribution < 1.29 is 12.9 Å². The molecule has 0 aliphatic rings. The van der Waals surface area contributed by atoms with Crippen LogP contribution in [0.15, 0.2) is 64.0 Å². The summed E-state index contributed by atoms with van der Waals surface area (Å²) in [6.45, 7) is 2.22. The van der Waals surface area contributed by atoms with Gasteiger partial charge in [-0.3, -0.25) is 0 Å². The van der Waals surface area contributed by atoms with Gasteiger partial charge < -0.3 is 4.52 Å². The molecule has 3 rings (SSSR count). The highest BCUT2D eigenvalue weighted by Gasteiger charge is 2.13. The molecule has 130 valence electrons. The largest absolute Gasteiger partial charge is 0.339 e. The Bertz CT molecular complexity index is 920. The van der Waals surface area contributed by atoms with Gasteiger partial charge >= 0.3 is 0 Å². The Hall–Kier alpha value is -2.51. The molecule has 7 heteroatoms. The molecule has 2 aromatic carbocycles.